The molecule has 0 radical (unpaired) electrons. The molecule has 2 N–H and O–H groups in total. The molecule has 0 saturated carbocycles. The lowest BCUT2D eigenvalue weighted by molar-refractivity contribution is 0.279. The molecule has 0 aliphatic carbocycles. The summed E-state index contributed by atoms with van der Waals surface area (Å²) < 4.78 is 25.0. The van der Waals surface area contributed by atoms with Gasteiger partial charge in [-0.3, -0.25) is 4.98 Å². The third-order valence-corrected chi connectivity index (χ3v) is 4.61. The van der Waals surface area contributed by atoms with E-state index in [2.05, 4.69) is 4.98 Å². The highest BCUT2D eigenvalue weighted by molar-refractivity contribution is 6.31. The molecule has 0 saturated heterocycles. The summed E-state index contributed by atoms with van der Waals surface area (Å²) in [5.74, 6) is 0.668. The van der Waals surface area contributed by atoms with Crippen LogP contribution in [0.2, 0.25) is 5.02 Å². The molecule has 0 spiro atoms. The number of pyridine rings is 1. The Kier molecular flexibility index (Phi) is 6.27. The molecular formula is C21H20ClFN2O2. The molecule has 4 nitrogen and oxygen atoms in total. The molecule has 0 amide bonds. The summed E-state index contributed by atoms with van der Waals surface area (Å²) in [6.07, 6.45) is 4.08. The van der Waals surface area contributed by atoms with E-state index >= 15 is 0 Å². The average molecular weight is 387 g/mol. The van der Waals surface area contributed by atoms with Crippen LogP contribution in [0.1, 0.15) is 22.7 Å². The van der Waals surface area contributed by atoms with Crippen LogP contribution in [0.4, 0.5) is 4.39 Å². The fourth-order valence-corrected chi connectivity index (χ4v) is 2.98. The van der Waals surface area contributed by atoms with Crippen molar-refractivity contribution in [2.45, 2.75) is 19.1 Å². The van der Waals surface area contributed by atoms with Crippen molar-refractivity contribution in [2.75, 3.05) is 7.11 Å². The fourth-order valence-electron chi connectivity index (χ4n) is 2.76. The standard InChI is InChI=1S/C21H20ClFN2O2/c1-26-21-12-14(11-19(24)15-7-9-25-10-8-15)5-6-20(21)27-13-16-17(22)3-2-4-18(16)23/h2-10,12,19H,11,13,24H2,1H3. The van der Waals surface area contributed by atoms with Crippen molar-refractivity contribution in [3.8, 4) is 11.5 Å². The number of ether oxygens (including phenoxy) is 2. The molecule has 1 unspecified atom stereocenters. The van der Waals surface area contributed by atoms with Gasteiger partial charge in [-0.2, -0.15) is 0 Å². The van der Waals surface area contributed by atoms with Crippen molar-refractivity contribution in [1.82, 2.24) is 4.98 Å². The molecule has 0 bridgehead atoms. The van der Waals surface area contributed by atoms with E-state index in [0.29, 0.717) is 28.5 Å². The number of benzene rings is 2. The van der Waals surface area contributed by atoms with E-state index in [1.54, 1.807) is 37.7 Å². The lowest BCUT2D eigenvalue weighted by Crippen LogP contribution is -2.13. The first-order valence-corrected chi connectivity index (χ1v) is 8.84. The summed E-state index contributed by atoms with van der Waals surface area (Å²) in [5.41, 5.74) is 8.60. The van der Waals surface area contributed by atoms with Crippen LogP contribution >= 0.6 is 11.6 Å². The second-order valence-corrected chi connectivity index (χ2v) is 6.47. The van der Waals surface area contributed by atoms with Gasteiger partial charge in [-0.05, 0) is 53.9 Å². The molecule has 6 heteroatoms. The van der Waals surface area contributed by atoms with E-state index in [1.165, 1.54) is 6.07 Å². The zero-order chi connectivity index (χ0) is 19.2. The average Bonchev–Trinajstić information content (AvgIpc) is 2.69. The minimum Gasteiger partial charge on any atom is -0.493 e. The second-order valence-electron chi connectivity index (χ2n) is 6.07. The smallest absolute Gasteiger partial charge is 0.161 e. The number of nitrogens with two attached hydrogens (primary N) is 1. The topological polar surface area (TPSA) is 57.4 Å². The van der Waals surface area contributed by atoms with Crippen molar-refractivity contribution in [3.63, 3.8) is 0 Å². The van der Waals surface area contributed by atoms with Crippen LogP contribution in [0.3, 0.4) is 0 Å². The van der Waals surface area contributed by atoms with E-state index < -0.39 is 5.82 Å². The minimum atomic E-state index is -0.401. The Balaban J connectivity index is 1.72. The van der Waals surface area contributed by atoms with Crippen LogP contribution in [-0.2, 0) is 13.0 Å². The summed E-state index contributed by atoms with van der Waals surface area (Å²) in [7, 11) is 1.56. The molecule has 1 aromatic heterocycles. The van der Waals surface area contributed by atoms with Gasteiger partial charge in [0.25, 0.3) is 0 Å². The van der Waals surface area contributed by atoms with Crippen LogP contribution in [0.25, 0.3) is 0 Å². The molecular weight excluding hydrogens is 367 g/mol. The predicted octanol–water partition coefficient (Wildman–Crippen LogP) is 4.70. The molecule has 3 aromatic rings. The summed E-state index contributed by atoms with van der Waals surface area (Å²) in [4.78, 5) is 4.00. The molecule has 1 heterocycles. The lowest BCUT2D eigenvalue weighted by Gasteiger charge is -2.15. The number of nitrogens with zero attached hydrogens (tertiary/aromatic N) is 1. The van der Waals surface area contributed by atoms with Gasteiger partial charge < -0.3 is 15.2 Å². The monoisotopic (exact) mass is 386 g/mol. The highest BCUT2D eigenvalue weighted by Crippen LogP contribution is 2.31. The number of rotatable bonds is 7. The summed E-state index contributed by atoms with van der Waals surface area (Å²) in [6.45, 7) is 0.0116. The zero-order valence-electron chi connectivity index (χ0n) is 14.9. The van der Waals surface area contributed by atoms with Crippen molar-refractivity contribution < 1.29 is 13.9 Å². The maximum atomic E-state index is 13.9. The molecule has 0 aliphatic heterocycles. The number of hydrogen-bond donors (Lipinski definition) is 1. The summed E-state index contributed by atoms with van der Waals surface area (Å²) >= 11 is 6.04. The molecule has 140 valence electrons. The molecule has 27 heavy (non-hydrogen) atoms. The Morgan fingerprint density at radius 1 is 1.11 bits per heavy atom. The molecule has 0 aliphatic rings. The predicted molar refractivity (Wildman–Crippen MR) is 104 cm³/mol. The quantitative estimate of drug-likeness (QED) is 0.639. The van der Waals surface area contributed by atoms with Crippen LogP contribution in [0, 0.1) is 5.82 Å². The Hall–Kier alpha value is -2.63. The first kappa shape index (κ1) is 19.1. The Bertz CT molecular complexity index is 886. The zero-order valence-corrected chi connectivity index (χ0v) is 15.6. The highest BCUT2D eigenvalue weighted by atomic mass is 35.5. The van der Waals surface area contributed by atoms with Crippen LogP contribution in [0.15, 0.2) is 60.9 Å². The third-order valence-electron chi connectivity index (χ3n) is 4.25. The first-order valence-electron chi connectivity index (χ1n) is 8.46. The molecule has 3 rings (SSSR count). The fraction of sp³-hybridized carbons (Fsp3) is 0.190. The van der Waals surface area contributed by atoms with E-state index in [0.717, 1.165) is 11.1 Å². The van der Waals surface area contributed by atoms with Gasteiger partial charge in [0.05, 0.1) is 12.1 Å². The van der Waals surface area contributed by atoms with Gasteiger partial charge in [-0.15, -0.1) is 0 Å². The lowest BCUT2D eigenvalue weighted by atomic mass is 10.0. The number of hydrogen-bond acceptors (Lipinski definition) is 4. The normalized spacial score (nSPS) is 11.9. The van der Waals surface area contributed by atoms with Crippen LogP contribution < -0.4 is 15.2 Å². The van der Waals surface area contributed by atoms with Crippen LogP contribution in [-0.4, -0.2) is 12.1 Å². The maximum absolute atomic E-state index is 13.9. The SMILES string of the molecule is COc1cc(CC(N)c2ccncc2)ccc1OCc1c(F)cccc1Cl. The van der Waals surface area contributed by atoms with Gasteiger partial charge in [0.15, 0.2) is 11.5 Å². The molecule has 0 fully saturated rings. The van der Waals surface area contributed by atoms with Gasteiger partial charge >= 0.3 is 0 Å². The number of aromatic nitrogens is 1. The Morgan fingerprint density at radius 3 is 2.59 bits per heavy atom. The van der Waals surface area contributed by atoms with Gasteiger partial charge in [-0.25, -0.2) is 4.39 Å². The summed E-state index contributed by atoms with van der Waals surface area (Å²) in [5, 5.41) is 0.328. The van der Waals surface area contributed by atoms with E-state index in [9.17, 15) is 4.39 Å². The summed E-state index contributed by atoms with van der Waals surface area (Å²) in [6, 6.07) is 13.8. The van der Waals surface area contributed by atoms with Crippen molar-refractivity contribution in [3.05, 3.63) is 88.5 Å². The van der Waals surface area contributed by atoms with Crippen LogP contribution in [0.5, 0.6) is 11.5 Å². The van der Waals surface area contributed by atoms with Crippen molar-refractivity contribution in [1.29, 1.82) is 0 Å². The second kappa shape index (κ2) is 8.84. The van der Waals surface area contributed by atoms with Gasteiger partial charge in [0.1, 0.15) is 12.4 Å². The highest BCUT2D eigenvalue weighted by Gasteiger charge is 2.13. The van der Waals surface area contributed by atoms with Gasteiger partial charge in [0.2, 0.25) is 0 Å². The van der Waals surface area contributed by atoms with Gasteiger partial charge in [-0.1, -0.05) is 23.7 Å². The largest absolute Gasteiger partial charge is 0.493 e. The minimum absolute atomic E-state index is 0.0116. The Morgan fingerprint density at radius 2 is 1.89 bits per heavy atom. The molecule has 2 aromatic carbocycles. The third kappa shape index (κ3) is 4.76. The van der Waals surface area contributed by atoms with Crippen molar-refractivity contribution in [2.24, 2.45) is 5.73 Å². The van der Waals surface area contributed by atoms with E-state index in [4.69, 9.17) is 26.8 Å². The maximum Gasteiger partial charge on any atom is 0.161 e. The van der Waals surface area contributed by atoms with Crippen molar-refractivity contribution >= 4 is 11.6 Å². The first-order chi connectivity index (χ1) is 13.1. The number of methoxy groups -OCH3 is 1. The molecule has 1 atom stereocenters. The Labute approximate surface area is 162 Å². The number of halogens is 2. The van der Waals surface area contributed by atoms with E-state index in [1.807, 2.05) is 24.3 Å². The van der Waals surface area contributed by atoms with E-state index in [-0.39, 0.29) is 12.6 Å². The van der Waals surface area contributed by atoms with Gasteiger partial charge in [0, 0.05) is 24.0 Å².